The number of amides is 2. The van der Waals surface area contributed by atoms with E-state index in [9.17, 15) is 4.79 Å². The number of benzene rings is 2. The van der Waals surface area contributed by atoms with Crippen LogP contribution in [-0.4, -0.2) is 18.0 Å². The van der Waals surface area contributed by atoms with Gasteiger partial charge in [-0.2, -0.15) is 0 Å². The molecule has 3 heteroatoms. The van der Waals surface area contributed by atoms with Crippen molar-refractivity contribution in [1.29, 1.82) is 0 Å². The minimum absolute atomic E-state index is 0.000920. The molecule has 2 aromatic rings. The number of nitrogens with zero attached hydrogens (tertiary/aromatic N) is 1. The van der Waals surface area contributed by atoms with Crippen molar-refractivity contribution in [3.8, 4) is 0 Å². The van der Waals surface area contributed by atoms with Gasteiger partial charge in [-0.25, -0.2) is 4.79 Å². The van der Waals surface area contributed by atoms with E-state index in [4.69, 9.17) is 0 Å². The fourth-order valence-corrected chi connectivity index (χ4v) is 3.26. The van der Waals surface area contributed by atoms with Crippen LogP contribution in [0.3, 0.4) is 0 Å². The highest BCUT2D eigenvalue weighted by Gasteiger charge is 2.30. The molecule has 1 unspecified atom stereocenters. The Morgan fingerprint density at radius 3 is 2.42 bits per heavy atom. The van der Waals surface area contributed by atoms with Gasteiger partial charge in [-0.1, -0.05) is 61.0 Å². The van der Waals surface area contributed by atoms with Gasteiger partial charge in [-0.05, 0) is 42.4 Å². The summed E-state index contributed by atoms with van der Waals surface area (Å²) >= 11 is 0. The van der Waals surface area contributed by atoms with E-state index in [2.05, 4.69) is 36.5 Å². The highest BCUT2D eigenvalue weighted by atomic mass is 16.2. The van der Waals surface area contributed by atoms with E-state index in [-0.39, 0.29) is 12.1 Å². The lowest BCUT2D eigenvalue weighted by molar-refractivity contribution is 0.182. The minimum Gasteiger partial charge on any atom is -0.331 e. The number of carbonyl (C=O) groups is 1. The van der Waals surface area contributed by atoms with E-state index in [0.717, 1.165) is 0 Å². The van der Waals surface area contributed by atoms with Gasteiger partial charge in [-0.15, -0.1) is 0 Å². The smallest absolute Gasteiger partial charge is 0.317 e. The first kappa shape index (κ1) is 16.6. The molecule has 3 nitrogen and oxygen atoms in total. The van der Waals surface area contributed by atoms with E-state index in [0.29, 0.717) is 12.5 Å². The molecule has 1 N–H and O–H groups in total. The summed E-state index contributed by atoms with van der Waals surface area (Å²) in [5, 5.41) is 3.26. The molecule has 2 amide bonds. The Morgan fingerprint density at radius 1 is 1.12 bits per heavy atom. The topological polar surface area (TPSA) is 32.3 Å². The molecule has 0 spiro atoms. The van der Waals surface area contributed by atoms with Crippen LogP contribution in [0.2, 0.25) is 0 Å². The molecule has 126 valence electrons. The van der Waals surface area contributed by atoms with Crippen LogP contribution in [0.15, 0.2) is 54.6 Å². The van der Waals surface area contributed by atoms with Gasteiger partial charge in [0.25, 0.3) is 0 Å². The van der Waals surface area contributed by atoms with Gasteiger partial charge < -0.3 is 10.2 Å². The van der Waals surface area contributed by atoms with Gasteiger partial charge in [-0.3, -0.25) is 0 Å². The Morgan fingerprint density at radius 2 is 1.79 bits per heavy atom. The summed E-state index contributed by atoms with van der Waals surface area (Å²) in [6.45, 7) is 2.72. The van der Waals surface area contributed by atoms with E-state index >= 15 is 0 Å². The minimum atomic E-state index is -0.000920. The number of hydrogen-bond donors (Lipinski definition) is 1. The third kappa shape index (κ3) is 3.78. The van der Waals surface area contributed by atoms with Gasteiger partial charge in [0.2, 0.25) is 0 Å². The molecule has 1 aliphatic carbocycles. The first-order valence-corrected chi connectivity index (χ1v) is 8.76. The van der Waals surface area contributed by atoms with Crippen molar-refractivity contribution in [3.63, 3.8) is 0 Å². The molecule has 0 radical (unpaired) electrons. The molecule has 24 heavy (non-hydrogen) atoms. The number of rotatable bonds is 5. The Kier molecular flexibility index (Phi) is 5.19. The number of carbonyl (C=O) groups excluding carboxylic acids is 1. The summed E-state index contributed by atoms with van der Waals surface area (Å²) < 4.78 is 0. The van der Waals surface area contributed by atoms with Crippen molar-refractivity contribution in [3.05, 3.63) is 71.3 Å². The number of nitrogens with one attached hydrogen (secondary N) is 1. The molecule has 2 aromatic carbocycles. The Labute approximate surface area is 144 Å². The van der Waals surface area contributed by atoms with Crippen LogP contribution < -0.4 is 5.32 Å². The molecule has 1 aliphatic rings. The summed E-state index contributed by atoms with van der Waals surface area (Å²) in [5.74, 6) is 0.559. The Bertz CT molecular complexity index is 679. The summed E-state index contributed by atoms with van der Waals surface area (Å²) in [5.41, 5.74) is 3.62. The van der Waals surface area contributed by atoms with Gasteiger partial charge in [0.15, 0.2) is 0 Å². The average molecular weight is 322 g/mol. The molecule has 0 heterocycles. The molecule has 0 saturated heterocycles. The molecule has 1 fully saturated rings. The maximum atomic E-state index is 12.7. The highest BCUT2D eigenvalue weighted by molar-refractivity contribution is 5.74. The number of urea groups is 1. The molecular weight excluding hydrogens is 296 g/mol. The van der Waals surface area contributed by atoms with Crippen molar-refractivity contribution in [1.82, 2.24) is 10.2 Å². The quantitative estimate of drug-likeness (QED) is 0.852. The summed E-state index contributed by atoms with van der Waals surface area (Å²) in [6, 6.07) is 18.7. The molecule has 0 aliphatic heterocycles. The zero-order chi connectivity index (χ0) is 16.9. The van der Waals surface area contributed by atoms with Gasteiger partial charge in [0.1, 0.15) is 0 Å². The van der Waals surface area contributed by atoms with Crippen molar-refractivity contribution in [2.75, 3.05) is 7.05 Å². The summed E-state index contributed by atoms with van der Waals surface area (Å²) in [6.07, 6.45) is 3.66. The SMILES string of the molecule is Cc1ccccc1CN(C)C(=O)NC(c1ccccc1)C1CCC1. The molecular formula is C21H26N2O. The second-order valence-electron chi connectivity index (χ2n) is 6.81. The normalized spacial score (nSPS) is 15.4. The van der Waals surface area contributed by atoms with Gasteiger partial charge in [0, 0.05) is 13.6 Å². The lowest BCUT2D eigenvalue weighted by Gasteiger charge is -2.35. The number of hydrogen-bond acceptors (Lipinski definition) is 1. The third-order valence-corrected chi connectivity index (χ3v) is 5.07. The predicted octanol–water partition coefficient (Wildman–Crippen LogP) is 4.68. The molecule has 0 bridgehead atoms. The van der Waals surface area contributed by atoms with Crippen LogP contribution in [-0.2, 0) is 6.54 Å². The number of aryl methyl sites for hydroxylation is 1. The summed E-state index contributed by atoms with van der Waals surface area (Å²) in [4.78, 5) is 14.5. The zero-order valence-electron chi connectivity index (χ0n) is 14.5. The average Bonchev–Trinajstić information content (AvgIpc) is 2.55. The molecule has 0 aromatic heterocycles. The van der Waals surface area contributed by atoms with Crippen molar-refractivity contribution in [2.24, 2.45) is 5.92 Å². The second-order valence-corrected chi connectivity index (χ2v) is 6.81. The van der Waals surface area contributed by atoms with Crippen LogP contribution in [0.5, 0.6) is 0 Å². The van der Waals surface area contributed by atoms with Gasteiger partial charge in [0.05, 0.1) is 6.04 Å². The van der Waals surface area contributed by atoms with E-state index < -0.39 is 0 Å². The van der Waals surface area contributed by atoms with Crippen molar-refractivity contribution >= 4 is 6.03 Å². The maximum Gasteiger partial charge on any atom is 0.317 e. The predicted molar refractivity (Wildman–Crippen MR) is 97.7 cm³/mol. The molecule has 1 saturated carbocycles. The Hall–Kier alpha value is -2.29. The zero-order valence-corrected chi connectivity index (χ0v) is 14.5. The van der Waals surface area contributed by atoms with Gasteiger partial charge >= 0.3 is 6.03 Å². The van der Waals surface area contributed by atoms with Crippen LogP contribution in [0.4, 0.5) is 4.79 Å². The second kappa shape index (κ2) is 7.52. The standard InChI is InChI=1S/C21H26N2O/c1-16-9-6-7-12-19(16)15-23(2)21(24)22-20(18-13-8-14-18)17-10-4-3-5-11-17/h3-7,9-12,18,20H,8,13-15H2,1-2H3,(H,22,24). The maximum absolute atomic E-state index is 12.7. The largest absolute Gasteiger partial charge is 0.331 e. The summed E-state index contributed by atoms with van der Waals surface area (Å²) in [7, 11) is 1.87. The first-order chi connectivity index (χ1) is 11.6. The molecule has 1 atom stereocenters. The lowest BCUT2D eigenvalue weighted by Crippen LogP contribution is -2.42. The van der Waals surface area contributed by atoms with E-state index in [1.807, 2.05) is 37.4 Å². The monoisotopic (exact) mass is 322 g/mol. The van der Waals surface area contributed by atoms with Crippen LogP contribution >= 0.6 is 0 Å². The lowest BCUT2D eigenvalue weighted by atomic mass is 9.77. The van der Waals surface area contributed by atoms with Crippen molar-refractivity contribution in [2.45, 2.75) is 38.8 Å². The van der Waals surface area contributed by atoms with Crippen molar-refractivity contribution < 1.29 is 4.79 Å². The van der Waals surface area contributed by atoms with E-state index in [1.54, 1.807) is 4.90 Å². The molecule has 3 rings (SSSR count). The fraction of sp³-hybridized carbons (Fsp3) is 0.381. The Balaban J connectivity index is 1.68. The van der Waals surface area contributed by atoms with Crippen LogP contribution in [0, 0.1) is 12.8 Å². The first-order valence-electron chi connectivity index (χ1n) is 8.76. The van der Waals surface area contributed by atoms with Crippen LogP contribution in [0.25, 0.3) is 0 Å². The van der Waals surface area contributed by atoms with E-state index in [1.165, 1.54) is 36.0 Å². The fourth-order valence-electron chi connectivity index (χ4n) is 3.26. The highest BCUT2D eigenvalue weighted by Crippen LogP contribution is 2.37. The third-order valence-electron chi connectivity index (χ3n) is 5.07. The van der Waals surface area contributed by atoms with Crippen LogP contribution in [0.1, 0.15) is 42.0 Å².